The molecular weight excluding hydrogens is 460 g/mol. The average molecular weight is 487 g/mol. The minimum atomic E-state index is -0.594. The van der Waals surface area contributed by atoms with Crippen molar-refractivity contribution in [2.24, 2.45) is 0 Å². The molecule has 1 aliphatic heterocycles. The van der Waals surface area contributed by atoms with E-state index in [2.05, 4.69) is 26.8 Å². The Morgan fingerprint density at radius 3 is 2.56 bits per heavy atom. The predicted molar refractivity (Wildman–Crippen MR) is 132 cm³/mol. The summed E-state index contributed by atoms with van der Waals surface area (Å²) in [6.45, 7) is 3.83. The van der Waals surface area contributed by atoms with Crippen molar-refractivity contribution in [2.45, 2.75) is 32.7 Å². The van der Waals surface area contributed by atoms with Crippen LogP contribution in [-0.4, -0.2) is 45.0 Å². The lowest BCUT2D eigenvalue weighted by Gasteiger charge is -2.28. The number of benzene rings is 2. The normalized spacial score (nSPS) is 14.4. The van der Waals surface area contributed by atoms with Gasteiger partial charge in [-0.05, 0) is 62.2 Å². The van der Waals surface area contributed by atoms with Crippen LogP contribution >= 0.6 is 0 Å². The van der Waals surface area contributed by atoms with Crippen molar-refractivity contribution in [3.8, 4) is 6.07 Å². The second-order valence-corrected chi connectivity index (χ2v) is 8.18. The van der Waals surface area contributed by atoms with Gasteiger partial charge in [0.2, 0.25) is 5.95 Å². The maximum Gasteiger partial charge on any atom is 0.338 e. The van der Waals surface area contributed by atoms with E-state index in [9.17, 15) is 20.0 Å². The van der Waals surface area contributed by atoms with Gasteiger partial charge in [-0.2, -0.15) is 15.3 Å². The topological polar surface area (TPSA) is 142 Å². The Morgan fingerprint density at radius 2 is 1.92 bits per heavy atom. The van der Waals surface area contributed by atoms with Crippen molar-refractivity contribution in [3.05, 3.63) is 82.3 Å². The molecule has 0 saturated heterocycles. The molecular formula is C26H26N6O4. The Morgan fingerprint density at radius 1 is 1.19 bits per heavy atom. The molecule has 36 heavy (non-hydrogen) atoms. The number of amides is 1. The van der Waals surface area contributed by atoms with Crippen molar-refractivity contribution < 1.29 is 19.4 Å². The monoisotopic (exact) mass is 486 g/mol. The molecule has 0 bridgehead atoms. The van der Waals surface area contributed by atoms with Crippen LogP contribution < -0.4 is 10.6 Å². The van der Waals surface area contributed by atoms with E-state index in [4.69, 9.17) is 4.74 Å². The highest BCUT2D eigenvalue weighted by Gasteiger charge is 2.34. The fraction of sp³-hybridized carbons (Fsp3) is 0.269. The summed E-state index contributed by atoms with van der Waals surface area (Å²) in [4.78, 5) is 30.0. The predicted octanol–water partition coefficient (Wildman–Crippen LogP) is 3.18. The number of aliphatic hydroxyl groups is 1. The molecule has 0 saturated carbocycles. The summed E-state index contributed by atoms with van der Waals surface area (Å²) in [6, 6.07) is 14.9. The first kappa shape index (κ1) is 24.6. The van der Waals surface area contributed by atoms with Gasteiger partial charge in [-0.25, -0.2) is 9.48 Å². The third kappa shape index (κ3) is 5.11. The Kier molecular flexibility index (Phi) is 7.42. The molecule has 1 amide bonds. The number of hydrogen-bond acceptors (Lipinski definition) is 8. The lowest BCUT2D eigenvalue weighted by Crippen LogP contribution is -2.31. The zero-order valence-electron chi connectivity index (χ0n) is 20.0. The first-order valence-electron chi connectivity index (χ1n) is 11.6. The van der Waals surface area contributed by atoms with Crippen LogP contribution in [0, 0.1) is 11.3 Å². The molecule has 1 aromatic heterocycles. The Labute approximate surface area is 208 Å². The summed E-state index contributed by atoms with van der Waals surface area (Å²) in [6.07, 6.45) is 1.01. The van der Waals surface area contributed by atoms with Gasteiger partial charge >= 0.3 is 5.97 Å². The third-order valence-electron chi connectivity index (χ3n) is 5.71. The third-order valence-corrected chi connectivity index (χ3v) is 5.71. The maximum atomic E-state index is 13.5. The van der Waals surface area contributed by atoms with Crippen molar-refractivity contribution in [1.82, 2.24) is 14.8 Å². The van der Waals surface area contributed by atoms with Gasteiger partial charge in [0.05, 0.1) is 29.4 Å². The Balaban J connectivity index is 1.67. The van der Waals surface area contributed by atoms with E-state index < -0.39 is 12.0 Å². The summed E-state index contributed by atoms with van der Waals surface area (Å²) in [5.41, 5.74) is 3.21. The lowest BCUT2D eigenvalue weighted by atomic mass is 9.94. The zero-order valence-corrected chi connectivity index (χ0v) is 20.0. The summed E-state index contributed by atoms with van der Waals surface area (Å²) in [5.74, 6) is 0.262. The van der Waals surface area contributed by atoms with E-state index in [1.54, 1.807) is 67.1 Å². The van der Waals surface area contributed by atoms with E-state index in [1.807, 2.05) is 0 Å². The van der Waals surface area contributed by atoms with Gasteiger partial charge in [-0.3, -0.25) is 4.79 Å². The van der Waals surface area contributed by atoms with Gasteiger partial charge in [0, 0.05) is 24.4 Å². The number of nitrogens with zero attached hydrogens (tertiary/aromatic N) is 4. The molecule has 10 heteroatoms. The number of ether oxygens (including phenoxy) is 1. The zero-order chi connectivity index (χ0) is 25.7. The van der Waals surface area contributed by atoms with E-state index in [-0.39, 0.29) is 19.1 Å². The quantitative estimate of drug-likeness (QED) is 0.412. The molecule has 1 aliphatic rings. The van der Waals surface area contributed by atoms with Gasteiger partial charge in [0.1, 0.15) is 6.04 Å². The average Bonchev–Trinajstić information content (AvgIpc) is 3.29. The van der Waals surface area contributed by atoms with Crippen LogP contribution in [0.15, 0.2) is 59.8 Å². The number of esters is 1. The number of aliphatic hydroxyl groups excluding tert-OH is 1. The number of nitrogens with one attached hydrogen (secondary N) is 2. The van der Waals surface area contributed by atoms with Gasteiger partial charge < -0.3 is 20.5 Å². The van der Waals surface area contributed by atoms with Gasteiger partial charge in [0.15, 0.2) is 5.82 Å². The highest BCUT2D eigenvalue weighted by Crippen LogP contribution is 2.36. The number of fused-ring (bicyclic) bond motifs is 1. The molecule has 0 radical (unpaired) electrons. The molecule has 3 aromatic rings. The number of aromatic nitrogens is 3. The summed E-state index contributed by atoms with van der Waals surface area (Å²) >= 11 is 0. The minimum Gasteiger partial charge on any atom is -0.462 e. The van der Waals surface area contributed by atoms with Crippen LogP contribution in [0.4, 0.5) is 11.6 Å². The number of anilines is 2. The second kappa shape index (κ2) is 10.8. The molecule has 0 spiro atoms. The summed E-state index contributed by atoms with van der Waals surface area (Å²) in [5, 5.41) is 29.1. The molecule has 4 rings (SSSR count). The van der Waals surface area contributed by atoms with Crippen LogP contribution in [0.25, 0.3) is 0 Å². The summed E-state index contributed by atoms with van der Waals surface area (Å²) < 4.78 is 6.66. The number of aryl methyl sites for hydroxylation is 1. The van der Waals surface area contributed by atoms with E-state index >= 15 is 0 Å². The summed E-state index contributed by atoms with van der Waals surface area (Å²) in [7, 11) is 0. The fourth-order valence-corrected chi connectivity index (χ4v) is 3.98. The number of carbonyl (C=O) groups is 2. The Hall–Kier alpha value is -4.49. The van der Waals surface area contributed by atoms with Crippen molar-refractivity contribution in [3.63, 3.8) is 0 Å². The van der Waals surface area contributed by atoms with E-state index in [1.165, 1.54) is 0 Å². The van der Waals surface area contributed by atoms with Gasteiger partial charge in [-0.15, -0.1) is 0 Å². The first-order chi connectivity index (χ1) is 17.4. The smallest absolute Gasteiger partial charge is 0.338 e. The number of nitriles is 1. The van der Waals surface area contributed by atoms with Crippen LogP contribution in [0.2, 0.25) is 0 Å². The van der Waals surface area contributed by atoms with Crippen LogP contribution in [0.5, 0.6) is 0 Å². The lowest BCUT2D eigenvalue weighted by molar-refractivity contribution is -0.113. The van der Waals surface area contributed by atoms with Gasteiger partial charge in [0.25, 0.3) is 5.91 Å². The molecule has 2 heterocycles. The molecule has 184 valence electrons. The molecule has 1 atom stereocenters. The van der Waals surface area contributed by atoms with Crippen LogP contribution in [-0.2, 0) is 16.0 Å². The molecule has 0 aliphatic carbocycles. The number of allylic oxidation sites excluding steroid dienone is 1. The SMILES string of the molecule is CCOC(=O)c1ccc(NC(=O)C2=C(C)Nc3nc(CCCO)nn3C2c2ccc(C#N)cc2)cc1. The standard InChI is InChI=1S/C26H26N6O4/c1-3-36-25(35)19-10-12-20(13-11-19)29-24(34)22-16(2)28-26-30-21(5-4-14-33)31-32(26)23(22)18-8-6-17(15-27)7-9-18/h6-13,23,33H,3-5,14H2,1-2H3,(H,29,34)(H,28,30,31). The molecule has 2 aromatic carbocycles. The van der Waals surface area contributed by atoms with Crippen molar-refractivity contribution >= 4 is 23.5 Å². The number of hydrogen-bond donors (Lipinski definition) is 3. The number of carbonyl (C=O) groups excluding carboxylic acids is 2. The van der Waals surface area contributed by atoms with Crippen LogP contribution in [0.1, 0.15) is 53.6 Å². The molecule has 3 N–H and O–H groups in total. The largest absolute Gasteiger partial charge is 0.462 e. The fourth-order valence-electron chi connectivity index (χ4n) is 3.98. The molecule has 10 nitrogen and oxygen atoms in total. The van der Waals surface area contributed by atoms with Crippen molar-refractivity contribution in [1.29, 1.82) is 5.26 Å². The minimum absolute atomic E-state index is 0.0241. The molecule has 1 unspecified atom stereocenters. The highest BCUT2D eigenvalue weighted by molar-refractivity contribution is 6.06. The van der Waals surface area contributed by atoms with E-state index in [0.29, 0.717) is 52.7 Å². The number of rotatable bonds is 8. The molecule has 0 fully saturated rings. The highest BCUT2D eigenvalue weighted by atomic mass is 16.5. The second-order valence-electron chi connectivity index (χ2n) is 8.18. The maximum absolute atomic E-state index is 13.5. The van der Waals surface area contributed by atoms with Crippen LogP contribution in [0.3, 0.4) is 0 Å². The van der Waals surface area contributed by atoms with E-state index in [0.717, 1.165) is 5.56 Å². The van der Waals surface area contributed by atoms with Gasteiger partial charge in [-0.1, -0.05) is 12.1 Å². The Bertz CT molecular complexity index is 1340. The van der Waals surface area contributed by atoms with Crippen molar-refractivity contribution in [2.75, 3.05) is 23.8 Å². The first-order valence-corrected chi connectivity index (χ1v) is 11.6.